The Morgan fingerprint density at radius 3 is 2.88 bits per heavy atom. The van der Waals surface area contributed by atoms with Gasteiger partial charge in [0.05, 0.1) is 12.7 Å². The van der Waals surface area contributed by atoms with Crippen molar-refractivity contribution in [1.82, 2.24) is 15.0 Å². The zero-order valence-electron chi connectivity index (χ0n) is 12.7. The molecule has 0 atom stereocenters. The van der Waals surface area contributed by atoms with Crippen LogP contribution >= 0.6 is 0 Å². The summed E-state index contributed by atoms with van der Waals surface area (Å²) in [5.41, 5.74) is 3.41. The summed E-state index contributed by atoms with van der Waals surface area (Å²) in [6.45, 7) is 0. The molecule has 0 aliphatic carbocycles. The van der Waals surface area contributed by atoms with Crippen molar-refractivity contribution >= 4 is 27.8 Å². The zero-order chi connectivity index (χ0) is 16.7. The second-order valence-electron chi connectivity index (χ2n) is 5.31. The van der Waals surface area contributed by atoms with Crippen molar-refractivity contribution in [3.05, 3.63) is 53.2 Å². The molecular formula is C17H12N4O3. The van der Waals surface area contributed by atoms with Gasteiger partial charge < -0.3 is 14.7 Å². The van der Waals surface area contributed by atoms with Gasteiger partial charge in [-0.2, -0.15) is 0 Å². The molecule has 0 spiro atoms. The van der Waals surface area contributed by atoms with Gasteiger partial charge in [0.2, 0.25) is 0 Å². The maximum atomic E-state index is 11.7. The number of carbonyl (C=O) groups excluding carboxylic acids is 1. The number of aromatic nitrogens is 3. The molecule has 0 aliphatic rings. The van der Waals surface area contributed by atoms with Crippen LogP contribution in [0.3, 0.4) is 0 Å². The number of H-pyrrole nitrogens is 2. The van der Waals surface area contributed by atoms with Gasteiger partial charge >= 0.3 is 5.91 Å². The van der Waals surface area contributed by atoms with Gasteiger partial charge in [0, 0.05) is 45.1 Å². The minimum Gasteiger partial charge on any atom is -0.497 e. The van der Waals surface area contributed by atoms with E-state index in [-0.39, 0.29) is 5.56 Å². The Hall–Kier alpha value is -3.48. The predicted octanol–water partition coefficient (Wildman–Crippen LogP) is 3.63. The van der Waals surface area contributed by atoms with Gasteiger partial charge in [-0.3, -0.25) is 4.79 Å². The van der Waals surface area contributed by atoms with E-state index in [2.05, 4.69) is 20.1 Å². The van der Waals surface area contributed by atoms with E-state index in [9.17, 15) is 9.70 Å². The van der Waals surface area contributed by atoms with Crippen LogP contribution in [-0.4, -0.2) is 28.0 Å². The van der Waals surface area contributed by atoms with E-state index in [0.29, 0.717) is 11.0 Å². The number of hydrogen-bond acceptors (Lipinski definition) is 4. The highest BCUT2D eigenvalue weighted by Gasteiger charge is 2.16. The maximum Gasteiger partial charge on any atom is 0.317 e. The molecule has 4 aromatic rings. The van der Waals surface area contributed by atoms with Crippen LogP contribution in [0.25, 0.3) is 33.2 Å². The third kappa shape index (κ3) is 2.06. The number of amides is 1. The molecule has 118 valence electrons. The van der Waals surface area contributed by atoms with Crippen LogP contribution in [-0.2, 0) is 0 Å². The SMILES string of the molecule is COc1ccc2[nH]cc(-c3cc4c(C(=O)N=O)ccnc4[nH]3)c2c1. The molecule has 0 aliphatic heterocycles. The van der Waals surface area contributed by atoms with Crippen molar-refractivity contribution < 1.29 is 9.53 Å². The summed E-state index contributed by atoms with van der Waals surface area (Å²) in [5.74, 6) is -0.0628. The standard InChI is InChI=1S/C17H12N4O3/c1-24-9-2-3-14-11(6-9)13(8-19-14)15-7-12-10(17(22)21-23)4-5-18-16(12)20-15/h2-8,19H,1H3,(H,18,20). The van der Waals surface area contributed by atoms with Gasteiger partial charge in [-0.15, -0.1) is 4.91 Å². The van der Waals surface area contributed by atoms with Crippen molar-refractivity contribution in [2.45, 2.75) is 0 Å². The molecule has 1 amide bonds. The molecule has 24 heavy (non-hydrogen) atoms. The van der Waals surface area contributed by atoms with Crippen molar-refractivity contribution in [3.8, 4) is 17.0 Å². The number of rotatable bonds is 3. The fourth-order valence-electron chi connectivity index (χ4n) is 2.86. The lowest BCUT2D eigenvalue weighted by atomic mass is 10.1. The van der Waals surface area contributed by atoms with Gasteiger partial charge in [0.15, 0.2) is 0 Å². The Morgan fingerprint density at radius 2 is 2.08 bits per heavy atom. The number of methoxy groups -OCH3 is 1. The van der Waals surface area contributed by atoms with E-state index in [1.54, 1.807) is 13.2 Å². The Bertz CT molecular complexity index is 1090. The van der Waals surface area contributed by atoms with E-state index < -0.39 is 5.91 Å². The first-order valence-corrected chi connectivity index (χ1v) is 7.22. The van der Waals surface area contributed by atoms with Crippen molar-refractivity contribution in [2.75, 3.05) is 7.11 Å². The van der Waals surface area contributed by atoms with Gasteiger partial charge in [-0.05, 0) is 30.3 Å². The number of nitroso groups, excluding NO2 is 1. The Kier molecular flexibility index (Phi) is 3.13. The summed E-state index contributed by atoms with van der Waals surface area (Å²) < 4.78 is 5.28. The molecule has 0 unspecified atom stereocenters. The number of aromatic amines is 2. The number of ether oxygens (including phenoxy) is 1. The maximum absolute atomic E-state index is 11.7. The summed E-state index contributed by atoms with van der Waals surface area (Å²) in [6, 6.07) is 9.02. The number of nitrogens with one attached hydrogen (secondary N) is 2. The summed E-state index contributed by atoms with van der Waals surface area (Å²) in [7, 11) is 1.62. The van der Waals surface area contributed by atoms with Gasteiger partial charge in [-0.1, -0.05) is 0 Å². The van der Waals surface area contributed by atoms with Crippen LogP contribution in [0.5, 0.6) is 5.75 Å². The van der Waals surface area contributed by atoms with Crippen molar-refractivity contribution in [1.29, 1.82) is 0 Å². The van der Waals surface area contributed by atoms with Crippen molar-refractivity contribution in [3.63, 3.8) is 0 Å². The molecule has 3 heterocycles. The Labute approximate surface area is 135 Å². The third-order valence-electron chi connectivity index (χ3n) is 4.02. The Balaban J connectivity index is 1.94. The molecular weight excluding hydrogens is 308 g/mol. The average molecular weight is 320 g/mol. The molecule has 0 saturated heterocycles. The third-order valence-corrected chi connectivity index (χ3v) is 4.02. The number of carbonyl (C=O) groups is 1. The topological polar surface area (TPSA) is 100 Å². The van der Waals surface area contributed by atoms with Gasteiger partial charge in [0.1, 0.15) is 11.4 Å². The molecule has 1 aromatic carbocycles. The number of hydrogen-bond donors (Lipinski definition) is 2. The number of fused-ring (bicyclic) bond motifs is 2. The molecule has 0 bridgehead atoms. The first-order chi connectivity index (χ1) is 11.7. The highest BCUT2D eigenvalue weighted by atomic mass is 16.5. The van der Waals surface area contributed by atoms with Crippen LogP contribution in [0.15, 0.2) is 47.9 Å². The van der Waals surface area contributed by atoms with E-state index in [1.807, 2.05) is 24.4 Å². The molecule has 0 saturated carbocycles. The van der Waals surface area contributed by atoms with Crippen LogP contribution in [0.2, 0.25) is 0 Å². The van der Waals surface area contributed by atoms with E-state index in [4.69, 9.17) is 4.74 Å². The number of benzene rings is 1. The van der Waals surface area contributed by atoms with E-state index >= 15 is 0 Å². The first-order valence-electron chi connectivity index (χ1n) is 7.22. The summed E-state index contributed by atoms with van der Waals surface area (Å²) in [4.78, 5) is 32.9. The Morgan fingerprint density at radius 1 is 1.21 bits per heavy atom. The summed E-state index contributed by atoms with van der Waals surface area (Å²) >= 11 is 0. The lowest BCUT2D eigenvalue weighted by Crippen LogP contribution is -1.94. The molecule has 2 N–H and O–H groups in total. The minimum atomic E-state index is -0.812. The average Bonchev–Trinajstić information content (AvgIpc) is 3.23. The second kappa shape index (κ2) is 5.31. The predicted molar refractivity (Wildman–Crippen MR) is 90.1 cm³/mol. The largest absolute Gasteiger partial charge is 0.497 e. The number of pyridine rings is 1. The van der Waals surface area contributed by atoms with E-state index in [1.165, 1.54) is 12.3 Å². The van der Waals surface area contributed by atoms with Crippen molar-refractivity contribution in [2.24, 2.45) is 5.18 Å². The second-order valence-corrected chi connectivity index (χ2v) is 5.31. The molecule has 3 aromatic heterocycles. The minimum absolute atomic E-state index is 0.231. The van der Waals surface area contributed by atoms with Crippen LogP contribution < -0.4 is 4.74 Å². The smallest absolute Gasteiger partial charge is 0.317 e. The normalized spacial score (nSPS) is 11.0. The molecule has 7 nitrogen and oxygen atoms in total. The lowest BCUT2D eigenvalue weighted by molar-refractivity contribution is 0.100. The zero-order valence-corrected chi connectivity index (χ0v) is 12.7. The monoisotopic (exact) mass is 320 g/mol. The van der Waals surface area contributed by atoms with Crippen LogP contribution in [0.4, 0.5) is 0 Å². The fraction of sp³-hybridized carbons (Fsp3) is 0.0588. The lowest BCUT2D eigenvalue weighted by Gasteiger charge is -2.00. The van der Waals surface area contributed by atoms with Crippen LogP contribution in [0, 0.1) is 4.91 Å². The first kappa shape index (κ1) is 14.1. The fourth-order valence-corrected chi connectivity index (χ4v) is 2.86. The van der Waals surface area contributed by atoms with E-state index in [0.717, 1.165) is 27.9 Å². The van der Waals surface area contributed by atoms with Gasteiger partial charge in [0.25, 0.3) is 0 Å². The summed E-state index contributed by atoms with van der Waals surface area (Å²) in [6.07, 6.45) is 3.34. The molecule has 4 rings (SSSR count). The quantitative estimate of drug-likeness (QED) is 0.563. The summed E-state index contributed by atoms with van der Waals surface area (Å²) in [5, 5.41) is 4.04. The van der Waals surface area contributed by atoms with Gasteiger partial charge in [-0.25, -0.2) is 4.98 Å². The molecule has 7 heteroatoms. The molecule has 0 radical (unpaired) electrons. The molecule has 0 fully saturated rings. The highest BCUT2D eigenvalue weighted by molar-refractivity contribution is 6.08. The highest BCUT2D eigenvalue weighted by Crippen LogP contribution is 2.33. The number of nitrogens with zero attached hydrogens (tertiary/aromatic N) is 2. The van der Waals surface area contributed by atoms with Crippen LogP contribution in [0.1, 0.15) is 10.4 Å².